The van der Waals surface area contributed by atoms with Crippen LogP contribution in [0.15, 0.2) is 10.5 Å². The molecule has 0 aliphatic carbocycles. The molecule has 0 saturated heterocycles. The number of fused-ring (bicyclic) bond motifs is 1. The van der Waals surface area contributed by atoms with Gasteiger partial charge in [0, 0.05) is 12.6 Å². The summed E-state index contributed by atoms with van der Waals surface area (Å²) in [4.78, 5) is 18.9. The second-order valence-corrected chi connectivity index (χ2v) is 2.78. The van der Waals surface area contributed by atoms with Crippen molar-refractivity contribution >= 4 is 28.3 Å². The van der Waals surface area contributed by atoms with Crippen LogP contribution in [0.2, 0.25) is 0 Å². The van der Waals surface area contributed by atoms with Gasteiger partial charge in [0.2, 0.25) is 0 Å². The van der Waals surface area contributed by atoms with Gasteiger partial charge in [0.1, 0.15) is 10.7 Å². The van der Waals surface area contributed by atoms with Gasteiger partial charge in [-0.25, -0.2) is 9.98 Å². The number of aromatic nitrogens is 1. The molecule has 0 saturated carbocycles. The van der Waals surface area contributed by atoms with E-state index in [0.717, 1.165) is 5.00 Å². The lowest BCUT2D eigenvalue weighted by Gasteiger charge is -1.98. The topological polar surface area (TPSA) is 42.3 Å². The summed E-state index contributed by atoms with van der Waals surface area (Å²) in [5, 5.41) is 0.747. The molecule has 0 aromatic carbocycles. The van der Waals surface area contributed by atoms with Crippen LogP contribution in [-0.4, -0.2) is 17.0 Å². The van der Waals surface area contributed by atoms with Crippen molar-refractivity contribution in [3.63, 3.8) is 0 Å². The number of nitrogens with zero attached hydrogens (tertiary/aromatic N) is 2. The lowest BCUT2D eigenvalue weighted by molar-refractivity contribution is 0.0997. The van der Waals surface area contributed by atoms with Gasteiger partial charge in [0.05, 0.1) is 5.51 Å². The van der Waals surface area contributed by atoms with E-state index in [-0.39, 0.29) is 5.78 Å². The SMILES string of the molecule is O=C1CC=Nc2scnc21. The van der Waals surface area contributed by atoms with E-state index < -0.39 is 0 Å². The van der Waals surface area contributed by atoms with E-state index in [0.29, 0.717) is 12.1 Å². The maximum absolute atomic E-state index is 11.0. The van der Waals surface area contributed by atoms with Crippen molar-refractivity contribution in [2.75, 3.05) is 0 Å². The predicted molar refractivity (Wildman–Crippen MR) is 39.2 cm³/mol. The van der Waals surface area contributed by atoms with Gasteiger partial charge in [0.25, 0.3) is 0 Å². The predicted octanol–water partition coefficient (Wildman–Crippen LogP) is 1.43. The van der Waals surface area contributed by atoms with Crippen molar-refractivity contribution in [3.05, 3.63) is 11.2 Å². The number of carbonyl (C=O) groups excluding carboxylic acids is 1. The minimum atomic E-state index is 0.0752. The fourth-order valence-corrected chi connectivity index (χ4v) is 1.50. The lowest BCUT2D eigenvalue weighted by Crippen LogP contribution is -2.03. The highest BCUT2D eigenvalue weighted by atomic mass is 32.1. The average molecular weight is 152 g/mol. The first-order valence-corrected chi connectivity index (χ1v) is 3.75. The number of thiazole rings is 1. The highest BCUT2D eigenvalue weighted by Gasteiger charge is 2.16. The molecule has 1 aliphatic heterocycles. The van der Waals surface area contributed by atoms with E-state index in [1.165, 1.54) is 11.3 Å². The molecule has 1 aliphatic rings. The zero-order valence-corrected chi connectivity index (χ0v) is 5.89. The van der Waals surface area contributed by atoms with Gasteiger partial charge in [-0.3, -0.25) is 4.79 Å². The zero-order valence-electron chi connectivity index (χ0n) is 5.07. The number of hydrogen-bond donors (Lipinski definition) is 0. The number of rotatable bonds is 0. The first-order chi connectivity index (χ1) is 4.88. The van der Waals surface area contributed by atoms with E-state index in [1.54, 1.807) is 11.7 Å². The summed E-state index contributed by atoms with van der Waals surface area (Å²) in [5.41, 5.74) is 2.18. The number of aliphatic imine (C=N–C) groups is 1. The molecule has 0 atom stereocenters. The van der Waals surface area contributed by atoms with E-state index in [9.17, 15) is 4.79 Å². The molecule has 1 aromatic rings. The number of Topliss-reactive ketones (excluding diaryl/α,β-unsaturated/α-hetero) is 1. The molecule has 4 heteroatoms. The molecule has 0 unspecified atom stereocenters. The second-order valence-electron chi connectivity index (χ2n) is 1.95. The number of carbonyl (C=O) groups is 1. The monoisotopic (exact) mass is 152 g/mol. The molecule has 2 heterocycles. The van der Waals surface area contributed by atoms with Crippen molar-refractivity contribution in [2.24, 2.45) is 4.99 Å². The highest BCUT2D eigenvalue weighted by Crippen LogP contribution is 2.26. The van der Waals surface area contributed by atoms with Gasteiger partial charge in [-0.2, -0.15) is 0 Å². The molecule has 0 bridgehead atoms. The van der Waals surface area contributed by atoms with Crippen molar-refractivity contribution < 1.29 is 4.79 Å². The molecule has 3 nitrogen and oxygen atoms in total. The summed E-state index contributed by atoms with van der Waals surface area (Å²) >= 11 is 1.40. The molecule has 10 heavy (non-hydrogen) atoms. The van der Waals surface area contributed by atoms with E-state index >= 15 is 0 Å². The van der Waals surface area contributed by atoms with Gasteiger partial charge in [0.15, 0.2) is 5.78 Å². The molecule has 0 fully saturated rings. The Balaban J connectivity index is 2.62. The smallest absolute Gasteiger partial charge is 0.189 e. The molecule has 0 amide bonds. The van der Waals surface area contributed by atoms with Crippen molar-refractivity contribution in [3.8, 4) is 0 Å². The van der Waals surface area contributed by atoms with Gasteiger partial charge in [-0.15, -0.1) is 11.3 Å². The first kappa shape index (κ1) is 5.73. The molecular formula is C6H4N2OS. The molecule has 1 aromatic heterocycles. The third-order valence-corrected chi connectivity index (χ3v) is 2.03. The third kappa shape index (κ3) is 0.690. The van der Waals surface area contributed by atoms with E-state index in [1.807, 2.05) is 0 Å². The molecule has 2 rings (SSSR count). The lowest BCUT2D eigenvalue weighted by atomic mass is 10.2. The first-order valence-electron chi connectivity index (χ1n) is 2.87. The van der Waals surface area contributed by atoms with Crippen LogP contribution in [0, 0.1) is 0 Å². The summed E-state index contributed by atoms with van der Waals surface area (Å²) in [5.74, 6) is 0.0752. The van der Waals surface area contributed by atoms with E-state index in [4.69, 9.17) is 0 Å². The number of hydrogen-bond acceptors (Lipinski definition) is 4. The van der Waals surface area contributed by atoms with Gasteiger partial charge < -0.3 is 0 Å². The summed E-state index contributed by atoms with van der Waals surface area (Å²) in [7, 11) is 0. The molecular weight excluding hydrogens is 148 g/mol. The molecule has 0 radical (unpaired) electrons. The van der Waals surface area contributed by atoms with Crippen LogP contribution in [0.1, 0.15) is 16.9 Å². The Morgan fingerprint density at radius 2 is 2.50 bits per heavy atom. The maximum Gasteiger partial charge on any atom is 0.189 e. The largest absolute Gasteiger partial charge is 0.292 e. The van der Waals surface area contributed by atoms with Crippen molar-refractivity contribution in [1.29, 1.82) is 0 Å². The Morgan fingerprint density at radius 3 is 3.30 bits per heavy atom. The standard InChI is InChI=1S/C6H4N2OS/c9-4-1-2-7-6-5(4)8-3-10-6/h2-3H,1H2. The molecule has 0 N–H and O–H groups in total. The van der Waals surface area contributed by atoms with Crippen LogP contribution >= 0.6 is 11.3 Å². The summed E-state index contributed by atoms with van der Waals surface area (Å²) < 4.78 is 0. The van der Waals surface area contributed by atoms with Crippen LogP contribution in [-0.2, 0) is 0 Å². The molecule has 50 valence electrons. The quantitative estimate of drug-likeness (QED) is 0.564. The van der Waals surface area contributed by atoms with Gasteiger partial charge in [-0.05, 0) is 0 Å². The normalized spacial score (nSPS) is 15.4. The fraction of sp³-hybridized carbons (Fsp3) is 0.167. The average Bonchev–Trinajstić information content (AvgIpc) is 2.36. The van der Waals surface area contributed by atoms with E-state index in [2.05, 4.69) is 9.98 Å². The second kappa shape index (κ2) is 1.98. The van der Waals surface area contributed by atoms with Crippen LogP contribution in [0.4, 0.5) is 5.00 Å². The minimum Gasteiger partial charge on any atom is -0.292 e. The van der Waals surface area contributed by atoms with Crippen LogP contribution in [0.25, 0.3) is 0 Å². The van der Waals surface area contributed by atoms with Crippen molar-refractivity contribution in [2.45, 2.75) is 6.42 Å². The Labute approximate surface area is 61.4 Å². The fourth-order valence-electron chi connectivity index (χ4n) is 0.831. The van der Waals surface area contributed by atoms with Crippen LogP contribution in [0.3, 0.4) is 0 Å². The third-order valence-electron chi connectivity index (χ3n) is 1.30. The maximum atomic E-state index is 11.0. The van der Waals surface area contributed by atoms with Crippen LogP contribution in [0.5, 0.6) is 0 Å². The Bertz CT molecular complexity index is 302. The Kier molecular flexibility index (Phi) is 1.14. The number of ketones is 1. The Hall–Kier alpha value is -1.03. The van der Waals surface area contributed by atoms with Gasteiger partial charge in [-0.1, -0.05) is 0 Å². The Morgan fingerprint density at radius 1 is 1.60 bits per heavy atom. The minimum absolute atomic E-state index is 0.0752. The van der Waals surface area contributed by atoms with Gasteiger partial charge >= 0.3 is 0 Å². The zero-order chi connectivity index (χ0) is 6.97. The summed E-state index contributed by atoms with van der Waals surface area (Å²) in [6, 6.07) is 0. The van der Waals surface area contributed by atoms with Crippen LogP contribution < -0.4 is 0 Å². The summed E-state index contributed by atoms with van der Waals surface area (Å²) in [6.07, 6.45) is 2.03. The van der Waals surface area contributed by atoms with Crippen molar-refractivity contribution in [1.82, 2.24) is 4.98 Å². The highest BCUT2D eigenvalue weighted by molar-refractivity contribution is 7.14. The molecule has 0 spiro atoms. The summed E-state index contributed by atoms with van der Waals surface area (Å²) in [6.45, 7) is 0.